The standard InChI is InChI=1S/C25H30N2O3/c1-24(2,3)18-11-20(22-21(12-18)30-25(15-26-22)8-5-9-25)16-6-4-7-19(10-16)27-13-17(14-27)23(28)29/h4,6-7,10-12,17,26H,5,8-9,13-15H2,1-3H3,(H,28,29). The number of hydrogen-bond acceptors (Lipinski definition) is 4. The van der Waals surface area contributed by atoms with E-state index in [1.165, 1.54) is 12.0 Å². The Morgan fingerprint density at radius 3 is 2.60 bits per heavy atom. The first-order valence-electron chi connectivity index (χ1n) is 10.9. The SMILES string of the molecule is CC(C)(C)c1cc2c(c(-c3cccc(N4CC(C(=O)O)C4)c3)c1)NCC1(CCC1)O2. The third-order valence-corrected chi connectivity index (χ3v) is 6.90. The van der Waals surface area contributed by atoms with Crippen molar-refractivity contribution in [2.75, 3.05) is 29.9 Å². The van der Waals surface area contributed by atoms with Gasteiger partial charge in [-0.25, -0.2) is 0 Å². The molecular weight excluding hydrogens is 376 g/mol. The molecule has 2 fully saturated rings. The molecule has 2 N–H and O–H groups in total. The summed E-state index contributed by atoms with van der Waals surface area (Å²) in [6, 6.07) is 12.9. The Kier molecular flexibility index (Phi) is 4.28. The molecule has 2 aromatic carbocycles. The Morgan fingerprint density at radius 2 is 1.97 bits per heavy atom. The van der Waals surface area contributed by atoms with Gasteiger partial charge in [0.15, 0.2) is 0 Å². The fraction of sp³-hybridized carbons (Fsp3) is 0.480. The molecule has 0 atom stereocenters. The van der Waals surface area contributed by atoms with Crippen LogP contribution < -0.4 is 15.0 Å². The minimum Gasteiger partial charge on any atom is -0.483 e. The topological polar surface area (TPSA) is 61.8 Å². The van der Waals surface area contributed by atoms with E-state index < -0.39 is 5.97 Å². The van der Waals surface area contributed by atoms with Crippen LogP contribution in [0.4, 0.5) is 11.4 Å². The quantitative estimate of drug-likeness (QED) is 0.759. The first-order chi connectivity index (χ1) is 14.2. The number of benzene rings is 2. The van der Waals surface area contributed by atoms with E-state index in [1.807, 2.05) is 0 Å². The van der Waals surface area contributed by atoms with E-state index in [1.54, 1.807) is 0 Å². The fourth-order valence-electron chi connectivity index (χ4n) is 4.62. The molecule has 5 nitrogen and oxygen atoms in total. The average molecular weight is 407 g/mol. The Balaban J connectivity index is 1.53. The van der Waals surface area contributed by atoms with Crippen LogP contribution in [0.5, 0.6) is 5.75 Å². The van der Waals surface area contributed by atoms with Gasteiger partial charge in [-0.05, 0) is 60.1 Å². The normalized spacial score (nSPS) is 19.9. The van der Waals surface area contributed by atoms with Gasteiger partial charge < -0.3 is 20.1 Å². The second kappa shape index (κ2) is 6.66. The van der Waals surface area contributed by atoms with Gasteiger partial charge in [0.25, 0.3) is 0 Å². The Bertz CT molecular complexity index is 998. The number of nitrogens with zero attached hydrogens (tertiary/aromatic N) is 1. The van der Waals surface area contributed by atoms with Gasteiger partial charge in [0, 0.05) is 24.3 Å². The molecule has 1 saturated heterocycles. The molecule has 1 saturated carbocycles. The van der Waals surface area contributed by atoms with Crippen molar-refractivity contribution < 1.29 is 14.6 Å². The molecular formula is C25H30N2O3. The molecule has 3 aliphatic rings. The van der Waals surface area contributed by atoms with Crippen LogP contribution in [0, 0.1) is 5.92 Å². The minimum atomic E-state index is -0.708. The van der Waals surface area contributed by atoms with E-state index in [-0.39, 0.29) is 16.9 Å². The second-order valence-corrected chi connectivity index (χ2v) is 10.1. The molecule has 0 amide bonds. The van der Waals surface area contributed by atoms with E-state index in [9.17, 15) is 9.90 Å². The summed E-state index contributed by atoms with van der Waals surface area (Å²) in [6.07, 6.45) is 3.46. The summed E-state index contributed by atoms with van der Waals surface area (Å²) in [5.74, 6) is -0.0105. The van der Waals surface area contributed by atoms with Crippen molar-refractivity contribution >= 4 is 17.3 Å². The third kappa shape index (κ3) is 3.21. The summed E-state index contributed by atoms with van der Waals surface area (Å²) < 4.78 is 6.57. The molecule has 5 rings (SSSR count). The number of hydrogen-bond donors (Lipinski definition) is 2. The van der Waals surface area contributed by atoms with Crippen LogP contribution in [0.2, 0.25) is 0 Å². The number of anilines is 2. The zero-order valence-corrected chi connectivity index (χ0v) is 18.0. The number of nitrogens with one attached hydrogen (secondary N) is 1. The van der Waals surface area contributed by atoms with Crippen molar-refractivity contribution in [3.05, 3.63) is 42.0 Å². The number of carboxylic acid groups (broad SMARTS) is 1. The van der Waals surface area contributed by atoms with Gasteiger partial charge in [0.2, 0.25) is 0 Å². The number of carbonyl (C=O) groups is 1. The summed E-state index contributed by atoms with van der Waals surface area (Å²) in [7, 11) is 0. The zero-order chi connectivity index (χ0) is 21.1. The van der Waals surface area contributed by atoms with E-state index in [2.05, 4.69) is 67.4 Å². The van der Waals surface area contributed by atoms with Crippen molar-refractivity contribution in [3.8, 4) is 16.9 Å². The van der Waals surface area contributed by atoms with Gasteiger partial charge in [-0.3, -0.25) is 4.79 Å². The van der Waals surface area contributed by atoms with Crippen LogP contribution in [-0.4, -0.2) is 36.3 Å². The molecule has 2 aliphatic heterocycles. The summed E-state index contributed by atoms with van der Waals surface area (Å²) in [4.78, 5) is 13.3. The van der Waals surface area contributed by atoms with Gasteiger partial charge in [-0.2, -0.15) is 0 Å². The van der Waals surface area contributed by atoms with Crippen LogP contribution in [-0.2, 0) is 10.2 Å². The molecule has 1 spiro atoms. The maximum absolute atomic E-state index is 11.2. The molecule has 0 aromatic heterocycles. The van der Waals surface area contributed by atoms with Crippen LogP contribution in [0.3, 0.4) is 0 Å². The van der Waals surface area contributed by atoms with Crippen LogP contribution >= 0.6 is 0 Å². The molecule has 158 valence electrons. The van der Waals surface area contributed by atoms with E-state index in [0.29, 0.717) is 13.1 Å². The van der Waals surface area contributed by atoms with Gasteiger partial charge in [0.1, 0.15) is 11.4 Å². The molecule has 0 bridgehead atoms. The van der Waals surface area contributed by atoms with Gasteiger partial charge in [-0.15, -0.1) is 0 Å². The summed E-state index contributed by atoms with van der Waals surface area (Å²) in [5.41, 5.74) is 5.68. The number of ether oxygens (including phenoxy) is 1. The molecule has 0 unspecified atom stereocenters. The Labute approximate surface area is 178 Å². The zero-order valence-electron chi connectivity index (χ0n) is 18.0. The van der Waals surface area contributed by atoms with Crippen molar-refractivity contribution in [2.24, 2.45) is 5.92 Å². The molecule has 2 heterocycles. The third-order valence-electron chi connectivity index (χ3n) is 6.90. The number of carboxylic acids is 1. The van der Waals surface area contributed by atoms with E-state index in [4.69, 9.17) is 4.74 Å². The van der Waals surface area contributed by atoms with Crippen molar-refractivity contribution in [1.82, 2.24) is 0 Å². The highest BCUT2D eigenvalue weighted by Gasteiger charge is 2.43. The Hall–Kier alpha value is -2.69. The largest absolute Gasteiger partial charge is 0.483 e. The van der Waals surface area contributed by atoms with Crippen LogP contribution in [0.15, 0.2) is 36.4 Å². The van der Waals surface area contributed by atoms with Gasteiger partial charge >= 0.3 is 5.97 Å². The lowest BCUT2D eigenvalue weighted by molar-refractivity contribution is -0.142. The molecule has 1 aliphatic carbocycles. The lowest BCUT2D eigenvalue weighted by atomic mass is 9.78. The maximum atomic E-state index is 11.2. The van der Waals surface area contributed by atoms with Crippen molar-refractivity contribution in [1.29, 1.82) is 0 Å². The number of aliphatic carboxylic acids is 1. The lowest BCUT2D eigenvalue weighted by Gasteiger charge is -2.46. The summed E-state index contributed by atoms with van der Waals surface area (Å²) in [5, 5.41) is 12.9. The second-order valence-electron chi connectivity index (χ2n) is 10.1. The fourth-order valence-corrected chi connectivity index (χ4v) is 4.62. The predicted molar refractivity (Wildman–Crippen MR) is 120 cm³/mol. The maximum Gasteiger partial charge on any atom is 0.310 e. The van der Waals surface area contributed by atoms with Crippen LogP contribution in [0.25, 0.3) is 11.1 Å². The molecule has 30 heavy (non-hydrogen) atoms. The van der Waals surface area contributed by atoms with Gasteiger partial charge in [-0.1, -0.05) is 32.9 Å². The highest BCUT2D eigenvalue weighted by molar-refractivity contribution is 5.86. The average Bonchev–Trinajstić information content (AvgIpc) is 2.63. The molecule has 2 aromatic rings. The van der Waals surface area contributed by atoms with Crippen LogP contribution in [0.1, 0.15) is 45.6 Å². The molecule has 5 heteroatoms. The number of rotatable bonds is 3. The highest BCUT2D eigenvalue weighted by atomic mass is 16.5. The summed E-state index contributed by atoms with van der Waals surface area (Å²) >= 11 is 0. The molecule has 0 radical (unpaired) electrons. The summed E-state index contributed by atoms with van der Waals surface area (Å²) in [6.45, 7) is 8.70. The minimum absolute atomic E-state index is 0.0150. The number of fused-ring (bicyclic) bond motifs is 1. The monoisotopic (exact) mass is 406 g/mol. The highest BCUT2D eigenvalue weighted by Crippen LogP contribution is 2.48. The van der Waals surface area contributed by atoms with E-state index >= 15 is 0 Å². The van der Waals surface area contributed by atoms with Gasteiger partial charge in [0.05, 0.1) is 18.2 Å². The Morgan fingerprint density at radius 1 is 1.20 bits per heavy atom. The smallest absolute Gasteiger partial charge is 0.310 e. The first kappa shape index (κ1) is 19.3. The van der Waals surface area contributed by atoms with E-state index in [0.717, 1.165) is 47.6 Å². The predicted octanol–water partition coefficient (Wildman–Crippen LogP) is 4.90. The van der Waals surface area contributed by atoms with Crippen molar-refractivity contribution in [2.45, 2.75) is 51.0 Å². The van der Waals surface area contributed by atoms with Crippen molar-refractivity contribution in [3.63, 3.8) is 0 Å². The first-order valence-corrected chi connectivity index (χ1v) is 10.9. The lowest BCUT2D eigenvalue weighted by Crippen LogP contribution is -2.51.